The van der Waals surface area contributed by atoms with Crippen molar-refractivity contribution in [2.45, 2.75) is 13.3 Å². The van der Waals surface area contributed by atoms with E-state index in [-0.39, 0.29) is 5.56 Å². The maximum absolute atomic E-state index is 11.1. The highest BCUT2D eigenvalue weighted by Crippen LogP contribution is 2.21. The fraction of sp³-hybridized carbons (Fsp3) is 0.538. The number of nitrogens with zero attached hydrogens (tertiary/aromatic N) is 3. The van der Waals surface area contributed by atoms with E-state index in [1.807, 2.05) is 0 Å². The number of hydrogen-bond donors (Lipinski definition) is 2. The second-order valence-corrected chi connectivity index (χ2v) is 5.08. The van der Waals surface area contributed by atoms with Crippen LogP contribution in [-0.4, -0.2) is 52.1 Å². The topological polar surface area (TPSA) is 109 Å². The second-order valence-electron chi connectivity index (χ2n) is 5.08. The largest absolute Gasteiger partial charge is 0.477 e. The molecule has 1 atom stereocenters. The first-order chi connectivity index (χ1) is 10.0. The molecule has 0 spiro atoms. The fourth-order valence-electron chi connectivity index (χ4n) is 2.48. The molecule has 2 heterocycles. The van der Waals surface area contributed by atoms with Gasteiger partial charge in [0.1, 0.15) is 17.6 Å². The van der Waals surface area contributed by atoms with Gasteiger partial charge in [0, 0.05) is 19.2 Å². The van der Waals surface area contributed by atoms with E-state index >= 15 is 0 Å². The van der Waals surface area contributed by atoms with Crippen molar-refractivity contribution in [2.75, 3.05) is 31.5 Å². The second kappa shape index (κ2) is 6.49. The summed E-state index contributed by atoms with van der Waals surface area (Å²) in [4.78, 5) is 27.3. The summed E-state index contributed by atoms with van der Waals surface area (Å²) < 4.78 is 0. The van der Waals surface area contributed by atoms with Crippen LogP contribution < -0.4 is 5.32 Å². The van der Waals surface area contributed by atoms with Crippen molar-refractivity contribution in [2.24, 2.45) is 5.92 Å². The van der Waals surface area contributed by atoms with Crippen molar-refractivity contribution >= 4 is 17.5 Å². The van der Waals surface area contributed by atoms with Gasteiger partial charge in [0.25, 0.3) is 0 Å². The summed E-state index contributed by atoms with van der Waals surface area (Å²) in [7, 11) is 0. The van der Waals surface area contributed by atoms with E-state index in [1.165, 1.54) is 6.07 Å². The van der Waals surface area contributed by atoms with Gasteiger partial charge in [-0.05, 0) is 25.4 Å². The highest BCUT2D eigenvalue weighted by Gasteiger charge is 2.23. The molecule has 2 rings (SSSR count). The smallest absolute Gasteiger partial charge is 0.342 e. The lowest BCUT2D eigenvalue weighted by Crippen LogP contribution is -2.22. The van der Waals surface area contributed by atoms with E-state index in [2.05, 4.69) is 22.1 Å². The Hall–Kier alpha value is -2.22. The monoisotopic (exact) mass is 294 g/mol. The summed E-state index contributed by atoms with van der Waals surface area (Å²) in [6.45, 7) is 5.89. The summed E-state index contributed by atoms with van der Waals surface area (Å²) in [6.07, 6.45) is 2.07. The molecule has 1 aliphatic heterocycles. The zero-order valence-electron chi connectivity index (χ0n) is 11.8. The highest BCUT2D eigenvalue weighted by molar-refractivity contribution is 5.93. The Labute approximate surface area is 121 Å². The first kappa shape index (κ1) is 15.2. The number of carboxylic acids is 1. The number of nitro groups is 1. The van der Waals surface area contributed by atoms with Crippen molar-refractivity contribution in [1.29, 1.82) is 0 Å². The van der Waals surface area contributed by atoms with Crippen LogP contribution in [0.3, 0.4) is 0 Å². The Morgan fingerprint density at radius 1 is 1.67 bits per heavy atom. The van der Waals surface area contributed by atoms with Gasteiger partial charge in [-0.3, -0.25) is 10.1 Å². The van der Waals surface area contributed by atoms with Gasteiger partial charge in [-0.15, -0.1) is 0 Å². The van der Waals surface area contributed by atoms with E-state index in [0.717, 1.165) is 32.3 Å². The third-order valence-electron chi connectivity index (χ3n) is 3.70. The molecule has 114 valence electrons. The summed E-state index contributed by atoms with van der Waals surface area (Å²) >= 11 is 0. The zero-order chi connectivity index (χ0) is 15.4. The molecule has 0 aliphatic carbocycles. The number of aromatic carboxylic acids is 1. The molecular formula is C13H18N4O4. The Morgan fingerprint density at radius 2 is 2.43 bits per heavy atom. The van der Waals surface area contributed by atoms with Crippen molar-refractivity contribution in [1.82, 2.24) is 9.88 Å². The summed E-state index contributed by atoms with van der Waals surface area (Å²) in [5.41, 5.74) is -0.842. The van der Waals surface area contributed by atoms with Crippen molar-refractivity contribution < 1.29 is 14.8 Å². The molecule has 2 N–H and O–H groups in total. The molecule has 0 amide bonds. The van der Waals surface area contributed by atoms with E-state index in [1.54, 1.807) is 0 Å². The number of pyridine rings is 1. The molecule has 0 saturated carbocycles. The predicted octanol–water partition coefficient (Wildman–Crippen LogP) is 1.44. The third-order valence-corrected chi connectivity index (χ3v) is 3.70. The van der Waals surface area contributed by atoms with Crippen LogP contribution in [0.15, 0.2) is 12.3 Å². The molecule has 1 aromatic heterocycles. The quantitative estimate of drug-likeness (QED) is 0.603. The van der Waals surface area contributed by atoms with Crippen LogP contribution in [0.1, 0.15) is 23.7 Å². The number of carbonyl (C=O) groups is 1. The third kappa shape index (κ3) is 3.66. The van der Waals surface area contributed by atoms with Gasteiger partial charge in [-0.1, -0.05) is 6.92 Å². The number of aromatic nitrogens is 1. The number of anilines is 1. The molecule has 1 aliphatic rings. The van der Waals surface area contributed by atoms with Crippen molar-refractivity contribution in [3.63, 3.8) is 0 Å². The molecule has 8 nitrogen and oxygen atoms in total. The fourth-order valence-corrected chi connectivity index (χ4v) is 2.48. The van der Waals surface area contributed by atoms with Gasteiger partial charge in [-0.2, -0.15) is 0 Å². The summed E-state index contributed by atoms with van der Waals surface area (Å²) in [6, 6.07) is 1.22. The van der Waals surface area contributed by atoms with E-state index in [0.29, 0.717) is 18.3 Å². The number of nitrogens with one attached hydrogen (secondary N) is 1. The lowest BCUT2D eigenvalue weighted by molar-refractivity contribution is -0.385. The Balaban J connectivity index is 2.02. The van der Waals surface area contributed by atoms with Crippen LogP contribution in [-0.2, 0) is 0 Å². The predicted molar refractivity (Wildman–Crippen MR) is 76.6 cm³/mol. The molecule has 8 heteroatoms. The van der Waals surface area contributed by atoms with Gasteiger partial charge in [0.2, 0.25) is 0 Å². The van der Waals surface area contributed by atoms with Crippen LogP contribution in [0, 0.1) is 16.0 Å². The van der Waals surface area contributed by atoms with Crippen molar-refractivity contribution in [3.8, 4) is 0 Å². The van der Waals surface area contributed by atoms with Crippen molar-refractivity contribution in [3.05, 3.63) is 27.9 Å². The average molecular weight is 294 g/mol. The normalized spacial score (nSPS) is 18.6. The standard InChI is InChI=1S/C13H18N4O4/c1-2-16-4-3-9(8-16)6-14-12-5-10(13(18)19)11(7-15-12)17(20)21/h5,7,9H,2-4,6,8H2,1H3,(H,14,15)(H,18,19). The minimum Gasteiger partial charge on any atom is -0.477 e. The molecule has 1 fully saturated rings. The highest BCUT2D eigenvalue weighted by atomic mass is 16.6. The van der Waals surface area contributed by atoms with Crippen LogP contribution in [0.2, 0.25) is 0 Å². The number of carboxylic acid groups (broad SMARTS) is 1. The Kier molecular flexibility index (Phi) is 4.69. The summed E-state index contributed by atoms with van der Waals surface area (Å²) in [5, 5.41) is 22.8. The molecule has 1 unspecified atom stereocenters. The average Bonchev–Trinajstić information content (AvgIpc) is 2.92. The van der Waals surface area contributed by atoms with E-state index < -0.39 is 16.6 Å². The molecular weight excluding hydrogens is 276 g/mol. The first-order valence-electron chi connectivity index (χ1n) is 6.85. The van der Waals surface area contributed by atoms with E-state index in [4.69, 9.17) is 5.11 Å². The number of hydrogen-bond acceptors (Lipinski definition) is 6. The maximum atomic E-state index is 11.1. The molecule has 21 heavy (non-hydrogen) atoms. The molecule has 1 aromatic rings. The van der Waals surface area contributed by atoms with Crippen LogP contribution in [0.25, 0.3) is 0 Å². The molecule has 1 saturated heterocycles. The maximum Gasteiger partial charge on any atom is 0.342 e. The van der Waals surface area contributed by atoms with Gasteiger partial charge in [-0.25, -0.2) is 9.78 Å². The van der Waals surface area contributed by atoms with Gasteiger partial charge in [0.15, 0.2) is 0 Å². The first-order valence-corrected chi connectivity index (χ1v) is 6.85. The molecule has 0 aromatic carbocycles. The van der Waals surface area contributed by atoms with Crippen LogP contribution in [0.4, 0.5) is 11.5 Å². The minimum absolute atomic E-state index is 0.348. The van der Waals surface area contributed by atoms with Gasteiger partial charge in [0.05, 0.1) is 4.92 Å². The SMILES string of the molecule is CCN1CCC(CNc2cc(C(=O)O)c([N+](=O)[O-])cn2)C1. The minimum atomic E-state index is -1.33. The van der Waals surface area contributed by atoms with Crippen LogP contribution >= 0.6 is 0 Å². The Morgan fingerprint density at radius 3 is 3.00 bits per heavy atom. The summed E-state index contributed by atoms with van der Waals surface area (Å²) in [5.74, 6) is -0.492. The van der Waals surface area contributed by atoms with Crippen LogP contribution in [0.5, 0.6) is 0 Å². The molecule has 0 radical (unpaired) electrons. The lowest BCUT2D eigenvalue weighted by Gasteiger charge is -2.14. The lowest BCUT2D eigenvalue weighted by atomic mass is 10.1. The van der Waals surface area contributed by atoms with E-state index in [9.17, 15) is 14.9 Å². The van der Waals surface area contributed by atoms with Gasteiger partial charge >= 0.3 is 11.7 Å². The Bertz CT molecular complexity index is 549. The van der Waals surface area contributed by atoms with Gasteiger partial charge < -0.3 is 15.3 Å². The number of rotatable bonds is 6. The molecule has 0 bridgehead atoms. The number of likely N-dealkylation sites (tertiary alicyclic amines) is 1. The zero-order valence-corrected chi connectivity index (χ0v) is 11.8.